The number of Topliss-reactive ketones (excluding diaryl/α,β-unsaturated/α-hetero) is 1. The van der Waals surface area contributed by atoms with Crippen molar-refractivity contribution in [3.8, 4) is 5.75 Å². The summed E-state index contributed by atoms with van der Waals surface area (Å²) in [5.74, 6) is 0.902. The first kappa shape index (κ1) is 15.0. The third-order valence-electron chi connectivity index (χ3n) is 4.08. The summed E-state index contributed by atoms with van der Waals surface area (Å²) < 4.78 is 5.80. The molecule has 0 unspecified atom stereocenters. The molecular formula is C21H16O2S. The lowest BCUT2D eigenvalue weighted by Gasteiger charge is -2.11. The van der Waals surface area contributed by atoms with E-state index in [0.29, 0.717) is 6.61 Å². The highest BCUT2D eigenvalue weighted by atomic mass is 32.2. The topological polar surface area (TPSA) is 26.3 Å². The summed E-state index contributed by atoms with van der Waals surface area (Å²) in [6.07, 6.45) is 1.97. The summed E-state index contributed by atoms with van der Waals surface area (Å²) in [5.41, 5.74) is 1.76. The van der Waals surface area contributed by atoms with Gasteiger partial charge in [-0.1, -0.05) is 54.2 Å². The molecule has 0 aromatic heterocycles. The van der Waals surface area contributed by atoms with Gasteiger partial charge in [0.15, 0.2) is 0 Å². The summed E-state index contributed by atoms with van der Waals surface area (Å²) in [5, 5.41) is 2.24. The van der Waals surface area contributed by atoms with Crippen LogP contribution < -0.4 is 4.74 Å². The van der Waals surface area contributed by atoms with E-state index in [-0.39, 0.29) is 5.78 Å². The average Bonchev–Trinajstić information content (AvgIpc) is 2.93. The zero-order valence-electron chi connectivity index (χ0n) is 13.3. The predicted octanol–water partition coefficient (Wildman–Crippen LogP) is 5.57. The van der Waals surface area contributed by atoms with Crippen LogP contribution in [0.3, 0.4) is 0 Å². The van der Waals surface area contributed by atoms with Gasteiger partial charge in [-0.05, 0) is 42.0 Å². The van der Waals surface area contributed by atoms with Crippen molar-refractivity contribution in [3.05, 3.63) is 76.7 Å². The van der Waals surface area contributed by atoms with Crippen LogP contribution >= 0.6 is 11.8 Å². The summed E-state index contributed by atoms with van der Waals surface area (Å²) in [7, 11) is 0. The number of hydrogen-bond acceptors (Lipinski definition) is 3. The number of ether oxygens (including phenoxy) is 1. The maximum absolute atomic E-state index is 12.7. The molecule has 3 aromatic rings. The molecule has 118 valence electrons. The lowest BCUT2D eigenvalue weighted by atomic mass is 10.0. The first-order chi connectivity index (χ1) is 11.8. The third kappa shape index (κ3) is 2.51. The van der Waals surface area contributed by atoms with E-state index in [2.05, 4.69) is 18.2 Å². The van der Waals surface area contributed by atoms with Gasteiger partial charge in [0.1, 0.15) is 5.75 Å². The lowest BCUT2D eigenvalue weighted by molar-refractivity contribution is 0.104. The van der Waals surface area contributed by atoms with Crippen molar-refractivity contribution in [2.45, 2.75) is 11.8 Å². The fraction of sp³-hybridized carbons (Fsp3) is 0.0952. The molecule has 0 bridgehead atoms. The lowest BCUT2D eigenvalue weighted by Crippen LogP contribution is -1.97. The number of ketones is 1. The minimum Gasteiger partial charge on any atom is -0.493 e. The highest BCUT2D eigenvalue weighted by molar-refractivity contribution is 8.04. The van der Waals surface area contributed by atoms with E-state index in [4.69, 9.17) is 4.74 Å². The SMILES string of the molecule is CCOc1ccc2ccccc2c1/C=C1\Sc2ccccc2C1=O. The molecule has 4 rings (SSSR count). The standard InChI is InChI=1S/C21H16O2S/c1-2-23-18-12-11-14-7-3-4-8-15(14)17(18)13-20-21(22)16-9-5-6-10-19(16)24-20/h3-13H,2H2,1H3/b20-13-. The van der Waals surface area contributed by atoms with Crippen LogP contribution in [0, 0.1) is 0 Å². The zero-order chi connectivity index (χ0) is 16.5. The van der Waals surface area contributed by atoms with Crippen molar-refractivity contribution in [2.75, 3.05) is 6.61 Å². The van der Waals surface area contributed by atoms with Gasteiger partial charge in [-0.3, -0.25) is 4.79 Å². The zero-order valence-corrected chi connectivity index (χ0v) is 14.1. The van der Waals surface area contributed by atoms with Crippen LogP contribution in [0.15, 0.2) is 70.5 Å². The Balaban J connectivity index is 1.88. The molecule has 0 N–H and O–H groups in total. The van der Waals surface area contributed by atoms with E-state index >= 15 is 0 Å². The largest absolute Gasteiger partial charge is 0.493 e. The number of fused-ring (bicyclic) bond motifs is 2. The van der Waals surface area contributed by atoms with E-state index < -0.39 is 0 Å². The van der Waals surface area contributed by atoms with Crippen LogP contribution in [0.1, 0.15) is 22.8 Å². The van der Waals surface area contributed by atoms with Crippen LogP contribution in [0.4, 0.5) is 0 Å². The van der Waals surface area contributed by atoms with Gasteiger partial charge in [-0.25, -0.2) is 0 Å². The second kappa shape index (κ2) is 6.17. The third-order valence-corrected chi connectivity index (χ3v) is 5.18. The average molecular weight is 332 g/mol. The highest BCUT2D eigenvalue weighted by Gasteiger charge is 2.25. The fourth-order valence-corrected chi connectivity index (χ4v) is 4.01. The van der Waals surface area contributed by atoms with E-state index in [0.717, 1.165) is 37.4 Å². The quantitative estimate of drug-likeness (QED) is 0.587. The van der Waals surface area contributed by atoms with E-state index in [9.17, 15) is 4.79 Å². The minimum atomic E-state index is 0.0889. The van der Waals surface area contributed by atoms with Gasteiger partial charge in [-0.15, -0.1) is 0 Å². The van der Waals surface area contributed by atoms with Crippen molar-refractivity contribution < 1.29 is 9.53 Å². The van der Waals surface area contributed by atoms with Crippen LogP contribution in [-0.4, -0.2) is 12.4 Å². The van der Waals surface area contributed by atoms with Gasteiger partial charge in [0.25, 0.3) is 0 Å². The van der Waals surface area contributed by atoms with Gasteiger partial charge in [0, 0.05) is 16.0 Å². The monoisotopic (exact) mass is 332 g/mol. The van der Waals surface area contributed by atoms with Crippen molar-refractivity contribution in [3.63, 3.8) is 0 Å². The van der Waals surface area contributed by atoms with Crippen molar-refractivity contribution in [2.24, 2.45) is 0 Å². The molecule has 2 nitrogen and oxygen atoms in total. The summed E-state index contributed by atoms with van der Waals surface area (Å²) in [4.78, 5) is 14.4. The number of allylic oxidation sites excluding steroid dienone is 1. The first-order valence-electron chi connectivity index (χ1n) is 7.96. The molecule has 0 saturated carbocycles. The second-order valence-corrected chi connectivity index (χ2v) is 6.65. The Morgan fingerprint density at radius 2 is 1.79 bits per heavy atom. The number of rotatable bonds is 3. The van der Waals surface area contributed by atoms with E-state index in [1.807, 2.05) is 55.5 Å². The van der Waals surface area contributed by atoms with Crippen LogP contribution in [0.25, 0.3) is 16.8 Å². The molecule has 3 heteroatoms. The maximum Gasteiger partial charge on any atom is 0.200 e. The highest BCUT2D eigenvalue weighted by Crippen LogP contribution is 2.42. The number of thioether (sulfide) groups is 1. The Morgan fingerprint density at radius 3 is 2.62 bits per heavy atom. The number of benzene rings is 3. The Labute approximate surface area is 145 Å². The summed E-state index contributed by atoms with van der Waals surface area (Å²) in [6.45, 7) is 2.56. The maximum atomic E-state index is 12.7. The molecule has 0 atom stereocenters. The van der Waals surface area contributed by atoms with Crippen LogP contribution in [-0.2, 0) is 0 Å². The first-order valence-corrected chi connectivity index (χ1v) is 8.77. The Kier molecular flexibility index (Phi) is 3.87. The minimum absolute atomic E-state index is 0.0889. The number of carbonyl (C=O) groups excluding carboxylic acids is 1. The van der Waals surface area contributed by atoms with Crippen molar-refractivity contribution in [1.82, 2.24) is 0 Å². The molecule has 0 fully saturated rings. The Bertz CT molecular complexity index is 972. The van der Waals surface area contributed by atoms with Crippen molar-refractivity contribution >= 4 is 34.4 Å². The van der Waals surface area contributed by atoms with Crippen LogP contribution in [0.2, 0.25) is 0 Å². The molecular weight excluding hydrogens is 316 g/mol. The van der Waals surface area contributed by atoms with E-state index in [1.54, 1.807) is 0 Å². The van der Waals surface area contributed by atoms with E-state index in [1.165, 1.54) is 11.8 Å². The van der Waals surface area contributed by atoms with Crippen LogP contribution in [0.5, 0.6) is 5.75 Å². The molecule has 0 aliphatic carbocycles. The molecule has 0 amide bonds. The molecule has 0 radical (unpaired) electrons. The van der Waals surface area contributed by atoms with Crippen molar-refractivity contribution in [1.29, 1.82) is 0 Å². The van der Waals surface area contributed by atoms with Gasteiger partial charge in [-0.2, -0.15) is 0 Å². The predicted molar refractivity (Wildman–Crippen MR) is 99.7 cm³/mol. The molecule has 0 spiro atoms. The molecule has 24 heavy (non-hydrogen) atoms. The number of hydrogen-bond donors (Lipinski definition) is 0. The fourth-order valence-electron chi connectivity index (χ4n) is 2.97. The molecule has 1 aliphatic rings. The van der Waals surface area contributed by atoms with Gasteiger partial charge in [0.05, 0.1) is 11.5 Å². The molecule has 1 aliphatic heterocycles. The smallest absolute Gasteiger partial charge is 0.200 e. The molecule has 3 aromatic carbocycles. The number of carbonyl (C=O) groups is 1. The van der Waals surface area contributed by atoms with Gasteiger partial charge >= 0.3 is 0 Å². The summed E-state index contributed by atoms with van der Waals surface area (Å²) >= 11 is 1.53. The van der Waals surface area contributed by atoms with Gasteiger partial charge < -0.3 is 4.74 Å². The second-order valence-electron chi connectivity index (χ2n) is 5.57. The molecule has 1 heterocycles. The Hall–Kier alpha value is -2.52. The molecule has 0 saturated heterocycles. The Morgan fingerprint density at radius 1 is 1.00 bits per heavy atom. The normalized spacial score (nSPS) is 15.0. The van der Waals surface area contributed by atoms with Gasteiger partial charge in [0.2, 0.25) is 5.78 Å². The summed E-state index contributed by atoms with van der Waals surface area (Å²) in [6, 6.07) is 20.0.